The molecule has 0 aromatic carbocycles. The second-order valence-corrected chi connectivity index (χ2v) is 15.9. The molecule has 0 bridgehead atoms. The van der Waals surface area contributed by atoms with Crippen LogP contribution in [0, 0.1) is 0 Å². The number of carbonyl (C=O) groups is 2. The fraction of sp³-hybridized carbons (Fsp3) is 0.760. The van der Waals surface area contributed by atoms with Crippen molar-refractivity contribution in [3.63, 3.8) is 0 Å². The number of ether oxygens (including phenoxy) is 1. The first-order chi connectivity index (χ1) is 27.5. The minimum absolute atomic E-state index is 0.0488. The van der Waals surface area contributed by atoms with Crippen LogP contribution < -0.4 is 5.32 Å². The number of carbonyl (C=O) groups excluding carboxylic acids is 2. The van der Waals surface area contributed by atoms with Gasteiger partial charge in [-0.25, -0.2) is 0 Å². The Kier molecular flexibility index (Phi) is 41.8. The zero-order valence-corrected chi connectivity index (χ0v) is 36.8. The molecular formula is C50H89NO5. The zero-order valence-electron chi connectivity index (χ0n) is 36.8. The SMILES string of the molecule is CC/C=C/C=C/C=C\C=C/C=C/CCCC(=O)OC(CCCCCCCCCCC)CC(=O)NC(CO)C(O)CCCCCCCCCCCCCCCCC. The van der Waals surface area contributed by atoms with Crippen LogP contribution in [0.3, 0.4) is 0 Å². The van der Waals surface area contributed by atoms with Crippen molar-refractivity contribution >= 4 is 11.9 Å². The van der Waals surface area contributed by atoms with Crippen LogP contribution in [0.25, 0.3) is 0 Å². The molecule has 0 spiro atoms. The molecule has 0 aromatic rings. The summed E-state index contributed by atoms with van der Waals surface area (Å²) < 4.78 is 5.85. The van der Waals surface area contributed by atoms with Crippen LogP contribution in [0.1, 0.15) is 220 Å². The van der Waals surface area contributed by atoms with Crippen molar-refractivity contribution < 1.29 is 24.5 Å². The summed E-state index contributed by atoms with van der Waals surface area (Å²) in [5.41, 5.74) is 0. The van der Waals surface area contributed by atoms with E-state index in [1.165, 1.54) is 116 Å². The number of rotatable bonds is 41. The summed E-state index contributed by atoms with van der Waals surface area (Å²) >= 11 is 0. The van der Waals surface area contributed by atoms with E-state index < -0.39 is 18.2 Å². The van der Waals surface area contributed by atoms with Gasteiger partial charge >= 0.3 is 5.97 Å². The zero-order chi connectivity index (χ0) is 41.0. The standard InChI is InChI=1S/C50H89NO5/c1-4-7-10-13-16-19-21-23-24-26-27-30-33-36-39-42-48(53)47(45-52)51-49(54)44-46(41-38-35-32-29-18-15-12-9-6-3)56-50(55)43-40-37-34-31-28-25-22-20-17-14-11-8-5-2/h8,11,14,17,20,22,25,28,31,34,46-48,52-53H,4-7,9-10,12-13,15-16,18-19,21,23-24,26-27,29-30,32-33,35-45H2,1-3H3,(H,51,54)/b11-8+,17-14+,22-20-,28-25-,34-31+. The van der Waals surface area contributed by atoms with Gasteiger partial charge in [-0.1, -0.05) is 229 Å². The molecule has 324 valence electrons. The molecular weight excluding hydrogens is 695 g/mol. The monoisotopic (exact) mass is 784 g/mol. The highest BCUT2D eigenvalue weighted by Gasteiger charge is 2.24. The highest BCUT2D eigenvalue weighted by atomic mass is 16.5. The highest BCUT2D eigenvalue weighted by molar-refractivity contribution is 5.77. The molecule has 3 N–H and O–H groups in total. The Balaban J connectivity index is 4.58. The van der Waals surface area contributed by atoms with Gasteiger partial charge in [-0.2, -0.15) is 0 Å². The number of amides is 1. The average Bonchev–Trinajstić information content (AvgIpc) is 3.19. The molecule has 6 heteroatoms. The molecule has 3 unspecified atom stereocenters. The number of aliphatic hydroxyl groups is 2. The predicted molar refractivity (Wildman–Crippen MR) is 241 cm³/mol. The Labute approximate surface area is 346 Å². The number of aliphatic hydroxyl groups excluding tert-OH is 2. The molecule has 56 heavy (non-hydrogen) atoms. The number of hydrogen-bond donors (Lipinski definition) is 3. The lowest BCUT2D eigenvalue weighted by atomic mass is 10.0. The van der Waals surface area contributed by atoms with E-state index in [2.05, 4.69) is 32.2 Å². The van der Waals surface area contributed by atoms with Crippen molar-refractivity contribution in [3.8, 4) is 0 Å². The molecule has 0 aliphatic carbocycles. The molecule has 0 aliphatic heterocycles. The van der Waals surface area contributed by atoms with Crippen molar-refractivity contribution in [2.45, 2.75) is 238 Å². The van der Waals surface area contributed by atoms with Gasteiger partial charge in [0.2, 0.25) is 5.91 Å². The lowest BCUT2D eigenvalue weighted by Gasteiger charge is -2.24. The third-order valence-corrected chi connectivity index (χ3v) is 10.5. The highest BCUT2D eigenvalue weighted by Crippen LogP contribution is 2.17. The first-order valence-corrected chi connectivity index (χ1v) is 23.6. The Morgan fingerprint density at radius 2 is 0.946 bits per heavy atom. The number of hydrogen-bond acceptors (Lipinski definition) is 5. The van der Waals surface area contributed by atoms with E-state index in [9.17, 15) is 19.8 Å². The third kappa shape index (κ3) is 38.4. The van der Waals surface area contributed by atoms with Gasteiger partial charge in [0, 0.05) is 6.42 Å². The van der Waals surface area contributed by atoms with Crippen molar-refractivity contribution in [1.29, 1.82) is 0 Å². The second kappa shape index (κ2) is 43.7. The lowest BCUT2D eigenvalue weighted by Crippen LogP contribution is -2.46. The minimum atomic E-state index is -0.798. The van der Waals surface area contributed by atoms with Gasteiger partial charge in [0.1, 0.15) is 6.10 Å². The van der Waals surface area contributed by atoms with Crippen molar-refractivity contribution in [3.05, 3.63) is 60.8 Å². The van der Waals surface area contributed by atoms with E-state index in [1.54, 1.807) is 0 Å². The molecule has 0 saturated heterocycles. The van der Waals surface area contributed by atoms with Gasteiger partial charge in [0.15, 0.2) is 0 Å². The predicted octanol–water partition coefficient (Wildman–Crippen LogP) is 13.7. The van der Waals surface area contributed by atoms with Crippen LogP contribution in [0.15, 0.2) is 60.8 Å². The van der Waals surface area contributed by atoms with Gasteiger partial charge < -0.3 is 20.3 Å². The molecule has 0 heterocycles. The normalized spacial score (nSPS) is 13.9. The van der Waals surface area contributed by atoms with E-state index in [0.717, 1.165) is 51.4 Å². The van der Waals surface area contributed by atoms with Crippen LogP contribution in [-0.2, 0) is 14.3 Å². The molecule has 0 aromatic heterocycles. The molecule has 0 fully saturated rings. The lowest BCUT2D eigenvalue weighted by molar-refractivity contribution is -0.151. The number of allylic oxidation sites excluding steroid dienone is 10. The van der Waals surface area contributed by atoms with Crippen molar-refractivity contribution in [1.82, 2.24) is 5.32 Å². The Hall–Kier alpha value is -2.44. The van der Waals surface area contributed by atoms with E-state index in [4.69, 9.17) is 4.74 Å². The summed E-state index contributed by atoms with van der Waals surface area (Å²) in [5.74, 6) is -0.563. The third-order valence-electron chi connectivity index (χ3n) is 10.5. The van der Waals surface area contributed by atoms with Crippen LogP contribution in [0.4, 0.5) is 0 Å². The molecule has 1 amide bonds. The number of unbranched alkanes of at least 4 members (excludes halogenated alkanes) is 23. The van der Waals surface area contributed by atoms with E-state index >= 15 is 0 Å². The van der Waals surface area contributed by atoms with Crippen LogP contribution in [0.2, 0.25) is 0 Å². The van der Waals surface area contributed by atoms with Gasteiger partial charge in [-0.3, -0.25) is 9.59 Å². The number of nitrogens with one attached hydrogen (secondary N) is 1. The van der Waals surface area contributed by atoms with Crippen LogP contribution in [-0.4, -0.2) is 46.9 Å². The smallest absolute Gasteiger partial charge is 0.306 e. The average molecular weight is 784 g/mol. The Morgan fingerprint density at radius 1 is 0.536 bits per heavy atom. The summed E-state index contributed by atoms with van der Waals surface area (Å²) in [6.07, 6.45) is 52.9. The van der Waals surface area contributed by atoms with Crippen molar-refractivity contribution in [2.75, 3.05) is 6.61 Å². The van der Waals surface area contributed by atoms with Gasteiger partial charge in [0.25, 0.3) is 0 Å². The fourth-order valence-electron chi connectivity index (χ4n) is 6.93. The maximum absolute atomic E-state index is 13.1. The molecule has 0 aliphatic rings. The largest absolute Gasteiger partial charge is 0.462 e. The van der Waals surface area contributed by atoms with Crippen LogP contribution in [0.5, 0.6) is 0 Å². The van der Waals surface area contributed by atoms with Gasteiger partial charge in [0.05, 0.1) is 25.2 Å². The molecule has 0 rings (SSSR count). The maximum atomic E-state index is 13.1. The number of esters is 1. The summed E-state index contributed by atoms with van der Waals surface area (Å²) in [7, 11) is 0. The van der Waals surface area contributed by atoms with E-state index in [-0.39, 0.29) is 24.9 Å². The summed E-state index contributed by atoms with van der Waals surface area (Å²) in [6.45, 7) is 6.30. The minimum Gasteiger partial charge on any atom is -0.462 e. The second-order valence-electron chi connectivity index (χ2n) is 15.9. The Morgan fingerprint density at radius 3 is 1.39 bits per heavy atom. The van der Waals surface area contributed by atoms with Gasteiger partial charge in [-0.05, 0) is 38.5 Å². The molecule has 0 radical (unpaired) electrons. The summed E-state index contributed by atoms with van der Waals surface area (Å²) in [6, 6.07) is -0.714. The van der Waals surface area contributed by atoms with Crippen molar-refractivity contribution in [2.24, 2.45) is 0 Å². The molecule has 6 nitrogen and oxygen atoms in total. The maximum Gasteiger partial charge on any atom is 0.306 e. The first kappa shape index (κ1) is 53.6. The van der Waals surface area contributed by atoms with Gasteiger partial charge in [-0.15, -0.1) is 0 Å². The summed E-state index contributed by atoms with van der Waals surface area (Å²) in [4.78, 5) is 25.9. The summed E-state index contributed by atoms with van der Waals surface area (Å²) in [5, 5.41) is 23.7. The quantitative estimate of drug-likeness (QED) is 0.0326. The first-order valence-electron chi connectivity index (χ1n) is 23.6. The van der Waals surface area contributed by atoms with E-state index in [1.807, 2.05) is 54.7 Å². The topological polar surface area (TPSA) is 95.9 Å². The molecule has 0 saturated carbocycles. The molecule has 3 atom stereocenters. The fourth-order valence-corrected chi connectivity index (χ4v) is 6.93. The van der Waals surface area contributed by atoms with Crippen LogP contribution >= 0.6 is 0 Å². The van der Waals surface area contributed by atoms with E-state index in [0.29, 0.717) is 25.7 Å². The Bertz CT molecular complexity index is 1010.